The summed E-state index contributed by atoms with van der Waals surface area (Å²) >= 11 is 1.82. The molecule has 9 nitrogen and oxygen atoms in total. The number of hydrogen-bond acceptors (Lipinski definition) is 7. The summed E-state index contributed by atoms with van der Waals surface area (Å²) in [6.45, 7) is 3.87. The van der Waals surface area contributed by atoms with E-state index in [1.807, 2.05) is 37.9 Å². The highest BCUT2D eigenvalue weighted by Gasteiger charge is 2.20. The SMILES string of the molecule is CC(C)Nc1cc(-n2ccc3cc(C#N)cnc32)ncc1C(=O)NCC(=O)NC1CCSC1. The highest BCUT2D eigenvalue weighted by Crippen LogP contribution is 2.23. The Hall–Kier alpha value is -3.58. The first-order valence-electron chi connectivity index (χ1n) is 10.7. The fourth-order valence-corrected chi connectivity index (χ4v) is 4.79. The van der Waals surface area contributed by atoms with E-state index < -0.39 is 0 Å². The summed E-state index contributed by atoms with van der Waals surface area (Å²) in [5, 5.41) is 18.8. The molecule has 0 radical (unpaired) electrons. The number of fused-ring (bicyclic) bond motifs is 1. The molecule has 170 valence electrons. The monoisotopic (exact) mass is 463 g/mol. The van der Waals surface area contributed by atoms with Gasteiger partial charge in [0, 0.05) is 47.9 Å². The minimum absolute atomic E-state index is 0.0766. The van der Waals surface area contributed by atoms with E-state index in [9.17, 15) is 9.59 Å². The molecule has 1 fully saturated rings. The van der Waals surface area contributed by atoms with Crippen molar-refractivity contribution < 1.29 is 9.59 Å². The second kappa shape index (κ2) is 9.92. The Morgan fingerprint density at radius 1 is 1.30 bits per heavy atom. The average Bonchev–Trinajstić information content (AvgIpc) is 3.46. The van der Waals surface area contributed by atoms with Gasteiger partial charge in [-0.25, -0.2) is 9.97 Å². The Kier molecular flexibility index (Phi) is 6.79. The molecule has 3 aromatic rings. The number of nitrogens with zero attached hydrogens (tertiary/aromatic N) is 4. The molecule has 0 aliphatic carbocycles. The molecule has 0 saturated carbocycles. The summed E-state index contributed by atoms with van der Waals surface area (Å²) < 4.78 is 1.80. The summed E-state index contributed by atoms with van der Waals surface area (Å²) in [6.07, 6.45) is 5.80. The lowest BCUT2D eigenvalue weighted by molar-refractivity contribution is -0.120. The lowest BCUT2D eigenvalue weighted by Gasteiger charge is -2.16. The van der Waals surface area contributed by atoms with Crippen LogP contribution in [0.1, 0.15) is 36.2 Å². The number of carbonyl (C=O) groups excluding carboxylic acids is 2. The van der Waals surface area contributed by atoms with Crippen molar-refractivity contribution in [2.45, 2.75) is 32.4 Å². The van der Waals surface area contributed by atoms with Gasteiger partial charge in [0.25, 0.3) is 5.91 Å². The van der Waals surface area contributed by atoms with Gasteiger partial charge in [-0.05, 0) is 38.2 Å². The molecule has 1 atom stereocenters. The van der Waals surface area contributed by atoms with E-state index in [2.05, 4.69) is 32.0 Å². The third kappa shape index (κ3) is 5.26. The maximum atomic E-state index is 12.8. The molecular formula is C23H25N7O2S. The van der Waals surface area contributed by atoms with Crippen molar-refractivity contribution in [3.05, 3.63) is 47.9 Å². The molecule has 0 bridgehead atoms. The normalized spacial score (nSPS) is 15.4. The lowest BCUT2D eigenvalue weighted by Crippen LogP contribution is -2.42. The number of aromatic nitrogens is 3. The molecule has 2 amide bonds. The molecular weight excluding hydrogens is 438 g/mol. The van der Waals surface area contributed by atoms with Gasteiger partial charge >= 0.3 is 0 Å². The van der Waals surface area contributed by atoms with E-state index in [1.54, 1.807) is 16.7 Å². The zero-order chi connectivity index (χ0) is 23.4. The maximum absolute atomic E-state index is 12.8. The van der Waals surface area contributed by atoms with Gasteiger partial charge in [-0.2, -0.15) is 17.0 Å². The van der Waals surface area contributed by atoms with E-state index in [1.165, 1.54) is 12.4 Å². The highest BCUT2D eigenvalue weighted by molar-refractivity contribution is 7.99. The fraction of sp³-hybridized carbons (Fsp3) is 0.348. The van der Waals surface area contributed by atoms with Crippen molar-refractivity contribution in [2.75, 3.05) is 23.4 Å². The van der Waals surface area contributed by atoms with Crippen molar-refractivity contribution in [2.24, 2.45) is 0 Å². The molecule has 4 heterocycles. The van der Waals surface area contributed by atoms with E-state index in [0.717, 1.165) is 23.3 Å². The van der Waals surface area contributed by atoms with Crippen LogP contribution in [0.2, 0.25) is 0 Å². The molecule has 0 spiro atoms. The number of rotatable bonds is 7. The van der Waals surface area contributed by atoms with Crippen molar-refractivity contribution >= 4 is 40.3 Å². The first-order valence-corrected chi connectivity index (χ1v) is 11.9. The van der Waals surface area contributed by atoms with Gasteiger partial charge in [0.2, 0.25) is 5.91 Å². The lowest BCUT2D eigenvalue weighted by atomic mass is 10.2. The summed E-state index contributed by atoms with van der Waals surface area (Å²) in [7, 11) is 0. The third-order valence-corrected chi connectivity index (χ3v) is 6.35. The predicted molar refractivity (Wildman–Crippen MR) is 129 cm³/mol. The second-order valence-corrected chi connectivity index (χ2v) is 9.28. The van der Waals surface area contributed by atoms with Crippen molar-refractivity contribution in [1.82, 2.24) is 25.2 Å². The minimum atomic E-state index is -0.373. The van der Waals surface area contributed by atoms with Gasteiger partial charge in [-0.15, -0.1) is 0 Å². The van der Waals surface area contributed by atoms with Crippen LogP contribution in [0.3, 0.4) is 0 Å². The molecule has 1 unspecified atom stereocenters. The Balaban J connectivity index is 1.54. The van der Waals surface area contributed by atoms with Crippen LogP contribution in [-0.2, 0) is 4.79 Å². The topological polar surface area (TPSA) is 125 Å². The first kappa shape index (κ1) is 22.6. The molecule has 3 aromatic heterocycles. The van der Waals surface area contributed by atoms with Crippen LogP contribution in [0.4, 0.5) is 5.69 Å². The maximum Gasteiger partial charge on any atom is 0.255 e. The van der Waals surface area contributed by atoms with Gasteiger partial charge in [-0.3, -0.25) is 14.2 Å². The van der Waals surface area contributed by atoms with Gasteiger partial charge < -0.3 is 16.0 Å². The smallest absolute Gasteiger partial charge is 0.255 e. The molecule has 33 heavy (non-hydrogen) atoms. The van der Waals surface area contributed by atoms with E-state index in [0.29, 0.717) is 28.3 Å². The molecule has 10 heteroatoms. The van der Waals surface area contributed by atoms with E-state index in [-0.39, 0.29) is 30.4 Å². The van der Waals surface area contributed by atoms with Crippen molar-refractivity contribution in [3.63, 3.8) is 0 Å². The van der Waals surface area contributed by atoms with Crippen LogP contribution in [0.25, 0.3) is 16.9 Å². The van der Waals surface area contributed by atoms with Gasteiger partial charge in [-0.1, -0.05) is 0 Å². The average molecular weight is 464 g/mol. The largest absolute Gasteiger partial charge is 0.382 e. The summed E-state index contributed by atoms with van der Waals surface area (Å²) in [5.41, 5.74) is 2.11. The number of anilines is 1. The third-order valence-electron chi connectivity index (χ3n) is 5.19. The minimum Gasteiger partial charge on any atom is -0.382 e. The Labute approximate surface area is 196 Å². The zero-order valence-corrected chi connectivity index (χ0v) is 19.3. The standard InChI is InChI=1S/C23H25N7O2S/c1-14(2)28-19-8-20(30-5-3-16-7-15(9-24)10-26-22(16)30)25-11-18(19)23(32)27-12-21(31)29-17-4-6-33-13-17/h3,5,7-8,10-11,14,17H,4,6,12-13H2,1-2H3,(H,25,28)(H,27,32)(H,29,31). The number of nitriles is 1. The van der Waals surface area contributed by atoms with Gasteiger partial charge in [0.1, 0.15) is 17.5 Å². The van der Waals surface area contributed by atoms with Crippen molar-refractivity contribution in [3.8, 4) is 11.9 Å². The number of amides is 2. The molecule has 1 saturated heterocycles. The quantitative estimate of drug-likeness (QED) is 0.491. The van der Waals surface area contributed by atoms with E-state index >= 15 is 0 Å². The number of hydrogen-bond donors (Lipinski definition) is 3. The molecule has 1 aliphatic heterocycles. The predicted octanol–water partition coefficient (Wildman–Crippen LogP) is 2.46. The van der Waals surface area contributed by atoms with Crippen LogP contribution >= 0.6 is 11.8 Å². The number of pyridine rings is 2. The van der Waals surface area contributed by atoms with Crippen LogP contribution in [-0.4, -0.2) is 56.5 Å². The Morgan fingerprint density at radius 3 is 2.88 bits per heavy atom. The molecule has 3 N–H and O–H groups in total. The number of nitrogens with one attached hydrogen (secondary N) is 3. The molecule has 4 rings (SSSR count). The zero-order valence-electron chi connectivity index (χ0n) is 18.5. The van der Waals surface area contributed by atoms with Crippen LogP contribution in [0, 0.1) is 11.3 Å². The van der Waals surface area contributed by atoms with Crippen molar-refractivity contribution in [1.29, 1.82) is 5.26 Å². The van der Waals surface area contributed by atoms with Gasteiger partial charge in [0.05, 0.1) is 23.4 Å². The number of carbonyl (C=O) groups is 2. The van der Waals surface area contributed by atoms with Crippen LogP contribution in [0.5, 0.6) is 0 Å². The van der Waals surface area contributed by atoms with Gasteiger partial charge in [0.15, 0.2) is 0 Å². The Morgan fingerprint density at radius 2 is 2.15 bits per heavy atom. The Bertz CT molecular complexity index is 1230. The second-order valence-electron chi connectivity index (χ2n) is 8.13. The highest BCUT2D eigenvalue weighted by atomic mass is 32.2. The molecule has 0 aromatic carbocycles. The van der Waals surface area contributed by atoms with Crippen LogP contribution in [0.15, 0.2) is 36.8 Å². The first-order chi connectivity index (χ1) is 15.9. The van der Waals surface area contributed by atoms with Crippen LogP contribution < -0.4 is 16.0 Å². The summed E-state index contributed by atoms with van der Waals surface area (Å²) in [4.78, 5) is 33.9. The summed E-state index contributed by atoms with van der Waals surface area (Å²) in [5.74, 6) is 1.97. The summed E-state index contributed by atoms with van der Waals surface area (Å²) in [6, 6.07) is 7.75. The molecule has 1 aliphatic rings. The number of thioether (sulfide) groups is 1. The fourth-order valence-electron chi connectivity index (χ4n) is 3.64. The van der Waals surface area contributed by atoms with E-state index in [4.69, 9.17) is 5.26 Å².